The Balaban J connectivity index is 1.89. The molecule has 0 aliphatic carbocycles. The van der Waals surface area contributed by atoms with Gasteiger partial charge in [0.1, 0.15) is 5.69 Å². The third-order valence-corrected chi connectivity index (χ3v) is 3.65. The Labute approximate surface area is 144 Å². The van der Waals surface area contributed by atoms with E-state index in [-0.39, 0.29) is 11.6 Å². The van der Waals surface area contributed by atoms with E-state index in [2.05, 4.69) is 27.4 Å². The molecule has 2 heterocycles. The molecule has 0 unspecified atom stereocenters. The zero-order chi connectivity index (χ0) is 17.6. The normalized spacial score (nSPS) is 10.6. The third kappa shape index (κ3) is 3.79. The molecule has 3 rings (SSSR count). The molecule has 2 aromatic heterocycles. The molecule has 1 N–H and O–H groups in total. The number of pyridine rings is 1. The van der Waals surface area contributed by atoms with Crippen LogP contribution in [0.4, 0.5) is 11.4 Å². The van der Waals surface area contributed by atoms with Crippen molar-refractivity contribution >= 4 is 11.4 Å². The Morgan fingerprint density at radius 3 is 2.72 bits per heavy atom. The third-order valence-electron chi connectivity index (χ3n) is 3.65. The second-order valence-electron chi connectivity index (χ2n) is 5.43. The lowest BCUT2D eigenvalue weighted by Crippen LogP contribution is -2.04. The van der Waals surface area contributed by atoms with Crippen LogP contribution in [0.15, 0.2) is 47.2 Å². The number of nitro benzene ring substituents is 1. The Morgan fingerprint density at radius 1 is 1.20 bits per heavy atom. The number of unbranched alkanes of at least 4 members (excludes halogenated alkanes) is 1. The molecule has 0 amide bonds. The van der Waals surface area contributed by atoms with Crippen LogP contribution in [0.1, 0.15) is 19.8 Å². The van der Waals surface area contributed by atoms with Crippen LogP contribution < -0.4 is 5.32 Å². The zero-order valence-electron chi connectivity index (χ0n) is 13.7. The summed E-state index contributed by atoms with van der Waals surface area (Å²) in [5.41, 5.74) is 1.73. The molecule has 0 fully saturated rings. The first-order chi connectivity index (χ1) is 12.2. The highest BCUT2D eigenvalue weighted by molar-refractivity contribution is 5.70. The summed E-state index contributed by atoms with van der Waals surface area (Å²) in [7, 11) is 0. The molecular weight excluding hydrogens is 322 g/mol. The van der Waals surface area contributed by atoms with E-state index in [0.29, 0.717) is 23.6 Å². The van der Waals surface area contributed by atoms with Gasteiger partial charge in [-0.15, -0.1) is 0 Å². The molecule has 3 aromatic rings. The predicted molar refractivity (Wildman–Crippen MR) is 93.0 cm³/mol. The largest absolute Gasteiger partial charge is 0.379 e. The van der Waals surface area contributed by atoms with E-state index in [0.717, 1.165) is 18.4 Å². The van der Waals surface area contributed by atoms with Gasteiger partial charge in [0.15, 0.2) is 0 Å². The number of nitro groups is 1. The lowest BCUT2D eigenvalue weighted by atomic mass is 10.1. The molecule has 0 aliphatic heterocycles. The van der Waals surface area contributed by atoms with Crippen molar-refractivity contribution in [3.05, 3.63) is 52.8 Å². The van der Waals surface area contributed by atoms with Crippen molar-refractivity contribution in [2.24, 2.45) is 0 Å². The van der Waals surface area contributed by atoms with Crippen LogP contribution in [0, 0.1) is 10.1 Å². The molecule has 128 valence electrons. The van der Waals surface area contributed by atoms with Crippen molar-refractivity contribution in [1.82, 2.24) is 15.1 Å². The Kier molecular flexibility index (Phi) is 4.98. The Bertz CT molecular complexity index is 864. The topological polar surface area (TPSA) is 107 Å². The quantitative estimate of drug-likeness (QED) is 0.395. The number of benzene rings is 1. The highest BCUT2D eigenvalue weighted by atomic mass is 16.6. The zero-order valence-corrected chi connectivity index (χ0v) is 13.7. The fourth-order valence-electron chi connectivity index (χ4n) is 2.32. The highest BCUT2D eigenvalue weighted by Crippen LogP contribution is 2.31. The van der Waals surface area contributed by atoms with Crippen molar-refractivity contribution in [3.8, 4) is 22.8 Å². The van der Waals surface area contributed by atoms with Gasteiger partial charge in [0, 0.05) is 36.1 Å². The first-order valence-corrected chi connectivity index (χ1v) is 7.96. The summed E-state index contributed by atoms with van der Waals surface area (Å²) in [6.45, 7) is 2.75. The van der Waals surface area contributed by atoms with Crippen LogP contribution in [0.2, 0.25) is 0 Å². The Morgan fingerprint density at radius 2 is 2.00 bits per heavy atom. The second-order valence-corrected chi connectivity index (χ2v) is 5.43. The Hall–Kier alpha value is -3.29. The molecule has 0 spiro atoms. The van der Waals surface area contributed by atoms with Gasteiger partial charge in [-0.05, 0) is 30.7 Å². The molecule has 0 radical (unpaired) electrons. The summed E-state index contributed by atoms with van der Waals surface area (Å²) in [5, 5.41) is 18.4. The molecule has 25 heavy (non-hydrogen) atoms. The second kappa shape index (κ2) is 7.52. The average molecular weight is 339 g/mol. The molecule has 8 heteroatoms. The summed E-state index contributed by atoms with van der Waals surface area (Å²) < 4.78 is 5.25. The number of hydrogen-bond donors (Lipinski definition) is 1. The number of anilines is 1. The first-order valence-electron chi connectivity index (χ1n) is 7.96. The maximum atomic E-state index is 11.4. The number of aromatic nitrogens is 3. The van der Waals surface area contributed by atoms with Gasteiger partial charge in [0.2, 0.25) is 5.82 Å². The monoisotopic (exact) mass is 339 g/mol. The number of rotatable bonds is 7. The van der Waals surface area contributed by atoms with E-state index in [9.17, 15) is 10.1 Å². The van der Waals surface area contributed by atoms with Gasteiger partial charge in [0.25, 0.3) is 11.6 Å². The molecule has 0 saturated heterocycles. The highest BCUT2D eigenvalue weighted by Gasteiger charge is 2.18. The molecule has 0 atom stereocenters. The molecule has 0 aliphatic rings. The van der Waals surface area contributed by atoms with Gasteiger partial charge in [-0.25, -0.2) is 0 Å². The van der Waals surface area contributed by atoms with Gasteiger partial charge >= 0.3 is 0 Å². The van der Waals surface area contributed by atoms with Gasteiger partial charge in [-0.1, -0.05) is 18.5 Å². The fraction of sp³-hybridized carbons (Fsp3) is 0.235. The fourth-order valence-corrected chi connectivity index (χ4v) is 2.32. The van der Waals surface area contributed by atoms with Crippen LogP contribution in [0.5, 0.6) is 0 Å². The van der Waals surface area contributed by atoms with E-state index in [1.165, 1.54) is 6.07 Å². The number of nitrogens with one attached hydrogen (secondary N) is 1. The van der Waals surface area contributed by atoms with Crippen LogP contribution in [0.25, 0.3) is 22.8 Å². The minimum Gasteiger partial charge on any atom is -0.379 e. The number of hydrogen-bond acceptors (Lipinski definition) is 7. The van der Waals surface area contributed by atoms with Crippen LogP contribution in [0.3, 0.4) is 0 Å². The minimum absolute atomic E-state index is 0.0164. The van der Waals surface area contributed by atoms with E-state index in [1.54, 1.807) is 36.7 Å². The standard InChI is InChI=1S/C17H17N5O3/c1-2-3-8-19-14-5-4-13(11-15(14)22(23)24)17-20-16(21-25-17)12-6-9-18-10-7-12/h4-7,9-11,19H,2-3,8H2,1H3. The summed E-state index contributed by atoms with van der Waals surface area (Å²) in [4.78, 5) is 19.2. The van der Waals surface area contributed by atoms with Crippen molar-refractivity contribution in [2.45, 2.75) is 19.8 Å². The van der Waals surface area contributed by atoms with Gasteiger partial charge in [-0.3, -0.25) is 15.1 Å². The van der Waals surface area contributed by atoms with E-state index >= 15 is 0 Å². The summed E-state index contributed by atoms with van der Waals surface area (Å²) >= 11 is 0. The van der Waals surface area contributed by atoms with E-state index < -0.39 is 4.92 Å². The van der Waals surface area contributed by atoms with E-state index in [1.807, 2.05) is 0 Å². The molecule has 8 nitrogen and oxygen atoms in total. The van der Waals surface area contributed by atoms with Crippen molar-refractivity contribution < 1.29 is 9.45 Å². The summed E-state index contributed by atoms with van der Waals surface area (Å²) in [6.07, 6.45) is 5.22. The summed E-state index contributed by atoms with van der Waals surface area (Å²) in [6, 6.07) is 8.36. The van der Waals surface area contributed by atoms with E-state index in [4.69, 9.17) is 4.52 Å². The number of nitrogens with zero attached hydrogens (tertiary/aromatic N) is 4. The predicted octanol–water partition coefficient (Wildman–Crippen LogP) is 3.92. The lowest BCUT2D eigenvalue weighted by Gasteiger charge is -2.06. The van der Waals surface area contributed by atoms with Gasteiger partial charge in [-0.2, -0.15) is 4.98 Å². The smallest absolute Gasteiger partial charge is 0.293 e. The van der Waals surface area contributed by atoms with Crippen molar-refractivity contribution in [3.63, 3.8) is 0 Å². The van der Waals surface area contributed by atoms with Crippen LogP contribution in [-0.2, 0) is 0 Å². The molecule has 0 saturated carbocycles. The van der Waals surface area contributed by atoms with Gasteiger partial charge < -0.3 is 9.84 Å². The average Bonchev–Trinajstić information content (AvgIpc) is 3.13. The van der Waals surface area contributed by atoms with Crippen molar-refractivity contribution in [2.75, 3.05) is 11.9 Å². The summed E-state index contributed by atoms with van der Waals surface area (Å²) in [5.74, 6) is 0.639. The van der Waals surface area contributed by atoms with Crippen LogP contribution >= 0.6 is 0 Å². The maximum absolute atomic E-state index is 11.4. The first kappa shape index (κ1) is 16.6. The SMILES string of the molecule is CCCCNc1ccc(-c2nc(-c3ccncc3)no2)cc1[N+](=O)[O-]. The van der Waals surface area contributed by atoms with Crippen LogP contribution in [-0.4, -0.2) is 26.6 Å². The minimum atomic E-state index is -0.419. The molecule has 0 bridgehead atoms. The molecular formula is C17H17N5O3. The van der Waals surface area contributed by atoms with Crippen molar-refractivity contribution in [1.29, 1.82) is 0 Å². The van der Waals surface area contributed by atoms with Gasteiger partial charge in [0.05, 0.1) is 4.92 Å². The molecule has 1 aromatic carbocycles. The lowest BCUT2D eigenvalue weighted by molar-refractivity contribution is -0.383. The maximum Gasteiger partial charge on any atom is 0.293 e.